The summed E-state index contributed by atoms with van der Waals surface area (Å²) >= 11 is 5.85. The van der Waals surface area contributed by atoms with Gasteiger partial charge in [0, 0.05) is 11.6 Å². The number of hydrogen-bond donors (Lipinski definition) is 2. The van der Waals surface area contributed by atoms with Crippen molar-refractivity contribution in [3.63, 3.8) is 0 Å². The van der Waals surface area contributed by atoms with E-state index in [1.807, 2.05) is 6.07 Å². The molecular weight excluding hydrogens is 294 g/mol. The maximum Gasteiger partial charge on any atom is 0.325 e. The zero-order valence-electron chi connectivity index (χ0n) is 11.8. The first kappa shape index (κ1) is 15.3. The summed E-state index contributed by atoms with van der Waals surface area (Å²) in [6.45, 7) is 3.18. The van der Waals surface area contributed by atoms with E-state index in [4.69, 9.17) is 11.6 Å². The van der Waals surface area contributed by atoms with Crippen LogP contribution in [0.25, 0.3) is 0 Å². The quantitative estimate of drug-likeness (QED) is 0.823. The monoisotopic (exact) mass is 309 g/mol. The molecule has 1 aliphatic heterocycles. The summed E-state index contributed by atoms with van der Waals surface area (Å²) in [7, 11) is 0. The predicted octanol–water partition coefficient (Wildman–Crippen LogP) is 1.29. The smallest absolute Gasteiger partial charge is 0.325 e. The molecule has 0 bridgehead atoms. The molecule has 0 saturated carbocycles. The van der Waals surface area contributed by atoms with Gasteiger partial charge in [-0.15, -0.1) is 0 Å². The number of nitrogens with zero attached hydrogens (tertiary/aromatic N) is 1. The SMILES string of the molecule is CC1(C)NC(=O)N(CC(=O)NCc2cccc(Cl)c2)C1=O. The first-order chi connectivity index (χ1) is 9.79. The van der Waals surface area contributed by atoms with Crippen molar-refractivity contribution in [2.75, 3.05) is 6.54 Å². The van der Waals surface area contributed by atoms with E-state index in [0.717, 1.165) is 10.5 Å². The Bertz CT molecular complexity index is 601. The first-order valence-electron chi connectivity index (χ1n) is 6.45. The summed E-state index contributed by atoms with van der Waals surface area (Å²) in [6.07, 6.45) is 0. The standard InChI is InChI=1S/C14H16ClN3O3/c1-14(2)12(20)18(13(21)17-14)8-11(19)16-7-9-4-3-5-10(15)6-9/h3-6H,7-8H2,1-2H3,(H,16,19)(H,17,21). The van der Waals surface area contributed by atoms with Crippen molar-refractivity contribution < 1.29 is 14.4 Å². The number of benzene rings is 1. The van der Waals surface area contributed by atoms with Crippen LogP contribution >= 0.6 is 11.6 Å². The second kappa shape index (κ2) is 5.73. The summed E-state index contributed by atoms with van der Waals surface area (Å²) < 4.78 is 0. The van der Waals surface area contributed by atoms with Crippen molar-refractivity contribution >= 4 is 29.4 Å². The van der Waals surface area contributed by atoms with Crippen LogP contribution in [-0.4, -0.2) is 34.8 Å². The largest absolute Gasteiger partial charge is 0.350 e. The Morgan fingerprint density at radius 2 is 2.10 bits per heavy atom. The van der Waals surface area contributed by atoms with Crippen molar-refractivity contribution in [2.24, 2.45) is 0 Å². The zero-order valence-corrected chi connectivity index (χ0v) is 12.5. The molecule has 0 spiro atoms. The molecule has 0 unspecified atom stereocenters. The van der Waals surface area contributed by atoms with Crippen molar-refractivity contribution in [1.82, 2.24) is 15.5 Å². The van der Waals surface area contributed by atoms with E-state index in [1.54, 1.807) is 32.0 Å². The topological polar surface area (TPSA) is 78.5 Å². The maximum absolute atomic E-state index is 11.9. The van der Waals surface area contributed by atoms with Gasteiger partial charge in [0.05, 0.1) is 0 Å². The van der Waals surface area contributed by atoms with E-state index in [-0.39, 0.29) is 13.1 Å². The lowest BCUT2D eigenvalue weighted by Crippen LogP contribution is -2.43. The number of hydrogen-bond acceptors (Lipinski definition) is 3. The fourth-order valence-corrected chi connectivity index (χ4v) is 2.22. The molecule has 2 N–H and O–H groups in total. The Morgan fingerprint density at radius 1 is 1.38 bits per heavy atom. The normalized spacial score (nSPS) is 16.8. The van der Waals surface area contributed by atoms with Crippen molar-refractivity contribution in [1.29, 1.82) is 0 Å². The van der Waals surface area contributed by atoms with Crippen molar-refractivity contribution in [3.8, 4) is 0 Å². The van der Waals surface area contributed by atoms with Crippen LogP contribution < -0.4 is 10.6 Å². The molecule has 7 heteroatoms. The highest BCUT2D eigenvalue weighted by Crippen LogP contribution is 2.16. The Kier molecular flexibility index (Phi) is 4.18. The second-order valence-corrected chi connectivity index (χ2v) is 5.79. The number of urea groups is 1. The van der Waals surface area contributed by atoms with Gasteiger partial charge < -0.3 is 10.6 Å². The van der Waals surface area contributed by atoms with E-state index in [9.17, 15) is 14.4 Å². The summed E-state index contributed by atoms with van der Waals surface area (Å²) in [5.41, 5.74) is -0.127. The number of nitrogens with one attached hydrogen (secondary N) is 2. The van der Waals surface area contributed by atoms with E-state index >= 15 is 0 Å². The van der Waals surface area contributed by atoms with Crippen LogP contribution in [0, 0.1) is 0 Å². The van der Waals surface area contributed by atoms with Gasteiger partial charge in [0.1, 0.15) is 12.1 Å². The minimum Gasteiger partial charge on any atom is -0.350 e. The molecular formula is C14H16ClN3O3. The summed E-state index contributed by atoms with van der Waals surface area (Å²) in [5, 5.41) is 5.75. The number of carbonyl (C=O) groups is 3. The third kappa shape index (κ3) is 3.52. The van der Waals surface area contributed by atoms with Gasteiger partial charge in [-0.2, -0.15) is 0 Å². The molecule has 2 rings (SSSR count). The van der Waals surface area contributed by atoms with Gasteiger partial charge in [0.2, 0.25) is 5.91 Å². The second-order valence-electron chi connectivity index (χ2n) is 5.35. The number of amides is 4. The Balaban J connectivity index is 1.91. The maximum atomic E-state index is 11.9. The van der Waals surface area contributed by atoms with Crippen LogP contribution in [0.4, 0.5) is 4.79 Å². The fourth-order valence-electron chi connectivity index (χ4n) is 2.01. The van der Waals surface area contributed by atoms with Gasteiger partial charge >= 0.3 is 6.03 Å². The summed E-state index contributed by atoms with van der Waals surface area (Å²) in [4.78, 5) is 36.3. The minimum absolute atomic E-state index is 0.284. The van der Waals surface area contributed by atoms with Gasteiger partial charge in [-0.1, -0.05) is 23.7 Å². The molecule has 0 radical (unpaired) electrons. The van der Waals surface area contributed by atoms with Gasteiger partial charge in [-0.05, 0) is 31.5 Å². The summed E-state index contributed by atoms with van der Waals surface area (Å²) in [5.74, 6) is -0.818. The average Bonchev–Trinajstić information content (AvgIpc) is 2.59. The Labute approximate surface area is 127 Å². The molecule has 1 fully saturated rings. The molecule has 112 valence electrons. The highest BCUT2D eigenvalue weighted by molar-refractivity contribution is 6.30. The summed E-state index contributed by atoms with van der Waals surface area (Å²) in [6, 6.07) is 6.52. The Morgan fingerprint density at radius 3 is 2.67 bits per heavy atom. The lowest BCUT2D eigenvalue weighted by atomic mass is 10.1. The average molecular weight is 310 g/mol. The molecule has 0 aliphatic carbocycles. The number of carbonyl (C=O) groups excluding carboxylic acids is 3. The Hall–Kier alpha value is -2.08. The third-order valence-electron chi connectivity index (χ3n) is 3.12. The van der Waals surface area contributed by atoms with Crippen molar-refractivity contribution in [2.45, 2.75) is 25.9 Å². The first-order valence-corrected chi connectivity index (χ1v) is 6.82. The van der Waals surface area contributed by atoms with Crippen LogP contribution in [0.3, 0.4) is 0 Å². The van der Waals surface area contributed by atoms with Crippen molar-refractivity contribution in [3.05, 3.63) is 34.9 Å². The van der Waals surface area contributed by atoms with Crippen LogP contribution in [0.15, 0.2) is 24.3 Å². The van der Waals surface area contributed by atoms with Gasteiger partial charge in [-0.25, -0.2) is 4.79 Å². The molecule has 1 aromatic carbocycles. The van der Waals surface area contributed by atoms with E-state index < -0.39 is 23.4 Å². The van der Waals surface area contributed by atoms with Gasteiger partial charge in [-0.3, -0.25) is 14.5 Å². The predicted molar refractivity (Wildman–Crippen MR) is 77.6 cm³/mol. The highest BCUT2D eigenvalue weighted by Gasteiger charge is 2.44. The molecule has 1 heterocycles. The fraction of sp³-hybridized carbons (Fsp3) is 0.357. The third-order valence-corrected chi connectivity index (χ3v) is 3.36. The minimum atomic E-state index is -0.968. The van der Waals surface area contributed by atoms with Crippen LogP contribution in [0.2, 0.25) is 5.02 Å². The molecule has 21 heavy (non-hydrogen) atoms. The van der Waals surface area contributed by atoms with Gasteiger partial charge in [0.25, 0.3) is 5.91 Å². The molecule has 1 aromatic rings. The zero-order chi connectivity index (χ0) is 15.6. The molecule has 1 aliphatic rings. The van der Waals surface area contributed by atoms with E-state index in [2.05, 4.69) is 10.6 Å². The lowest BCUT2D eigenvalue weighted by molar-refractivity contribution is -0.134. The highest BCUT2D eigenvalue weighted by atomic mass is 35.5. The lowest BCUT2D eigenvalue weighted by Gasteiger charge is -2.15. The van der Waals surface area contributed by atoms with Crippen LogP contribution in [-0.2, 0) is 16.1 Å². The molecule has 0 atom stereocenters. The van der Waals surface area contributed by atoms with Crippen LogP contribution in [0.1, 0.15) is 19.4 Å². The number of imide groups is 1. The van der Waals surface area contributed by atoms with E-state index in [0.29, 0.717) is 5.02 Å². The molecule has 4 amide bonds. The van der Waals surface area contributed by atoms with Crippen LogP contribution in [0.5, 0.6) is 0 Å². The van der Waals surface area contributed by atoms with Gasteiger partial charge in [0.15, 0.2) is 0 Å². The number of halogens is 1. The van der Waals surface area contributed by atoms with E-state index in [1.165, 1.54) is 0 Å². The number of rotatable bonds is 4. The molecule has 6 nitrogen and oxygen atoms in total. The molecule has 0 aromatic heterocycles. The molecule has 1 saturated heterocycles.